The average molecular weight is 166 g/mol. The predicted molar refractivity (Wildman–Crippen MR) is 49.6 cm³/mol. The van der Waals surface area contributed by atoms with E-state index in [9.17, 15) is 0 Å². The number of hydrogen-bond acceptors (Lipinski definition) is 2. The smallest absolute Gasteiger partial charge is 0.147 e. The van der Waals surface area contributed by atoms with Gasteiger partial charge in [0.05, 0.1) is 0 Å². The second-order valence-electron chi connectivity index (χ2n) is 2.29. The van der Waals surface area contributed by atoms with E-state index in [-0.39, 0.29) is 6.10 Å². The van der Waals surface area contributed by atoms with E-state index in [1.165, 1.54) is 5.55 Å². The Morgan fingerprint density at radius 3 is 2.55 bits per heavy atom. The van der Waals surface area contributed by atoms with Crippen LogP contribution in [0.2, 0.25) is 0 Å². The van der Waals surface area contributed by atoms with Gasteiger partial charge < -0.3 is 4.74 Å². The lowest BCUT2D eigenvalue weighted by molar-refractivity contribution is 0.231. The van der Waals surface area contributed by atoms with Gasteiger partial charge in [-0.15, -0.1) is 0 Å². The van der Waals surface area contributed by atoms with Gasteiger partial charge in [-0.3, -0.25) is 0 Å². The van der Waals surface area contributed by atoms with Crippen LogP contribution in [0, 0.1) is 0 Å². The zero-order valence-corrected chi connectivity index (χ0v) is 7.17. The van der Waals surface area contributed by atoms with Crippen molar-refractivity contribution in [3.8, 4) is 0 Å². The molecular formula is C9H10OS. The van der Waals surface area contributed by atoms with Crippen molar-refractivity contribution in [1.29, 1.82) is 0 Å². The highest BCUT2D eigenvalue weighted by Gasteiger charge is 2.01. The maximum Gasteiger partial charge on any atom is 0.147 e. The Kier molecular flexibility index (Phi) is 3.05. The maximum atomic E-state index is 5.12. The lowest BCUT2D eigenvalue weighted by atomic mass is 10.1. The van der Waals surface area contributed by atoms with Gasteiger partial charge in [0.2, 0.25) is 0 Å². The molecule has 0 bridgehead atoms. The molecule has 1 rings (SSSR count). The largest absolute Gasteiger partial charge is 0.482 e. The number of thiocarbonyl (C=S) groups is 1. The van der Waals surface area contributed by atoms with Crippen LogP contribution in [-0.2, 0) is 4.74 Å². The second kappa shape index (κ2) is 4.09. The van der Waals surface area contributed by atoms with Crippen LogP contribution >= 0.6 is 12.2 Å². The van der Waals surface area contributed by atoms with Gasteiger partial charge in [0, 0.05) is 0 Å². The molecular weight excluding hydrogens is 156 g/mol. The molecule has 58 valence electrons. The lowest BCUT2D eigenvalue weighted by Gasteiger charge is -2.09. The van der Waals surface area contributed by atoms with Crippen molar-refractivity contribution in [2.75, 3.05) is 0 Å². The fraction of sp³-hybridized carbons (Fsp3) is 0.222. The normalized spacial score (nSPS) is 12.1. The first-order valence-electron chi connectivity index (χ1n) is 3.48. The highest BCUT2D eigenvalue weighted by atomic mass is 32.1. The zero-order chi connectivity index (χ0) is 8.10. The minimum absolute atomic E-state index is 0.0636. The first-order chi connectivity index (χ1) is 5.34. The SMILES string of the molecule is CC(OC=S)c1ccccc1. The molecule has 0 saturated heterocycles. The van der Waals surface area contributed by atoms with E-state index in [0.717, 1.165) is 5.56 Å². The van der Waals surface area contributed by atoms with E-state index < -0.39 is 0 Å². The van der Waals surface area contributed by atoms with Crippen molar-refractivity contribution in [2.45, 2.75) is 13.0 Å². The van der Waals surface area contributed by atoms with Gasteiger partial charge in [0.25, 0.3) is 0 Å². The van der Waals surface area contributed by atoms with E-state index in [2.05, 4.69) is 12.2 Å². The summed E-state index contributed by atoms with van der Waals surface area (Å²) in [5.41, 5.74) is 2.45. The zero-order valence-electron chi connectivity index (χ0n) is 6.36. The molecule has 1 atom stereocenters. The Bertz CT molecular complexity index is 220. The number of benzene rings is 1. The molecule has 0 heterocycles. The number of hydrogen-bond donors (Lipinski definition) is 0. The van der Waals surface area contributed by atoms with Crippen LogP contribution in [0.5, 0.6) is 0 Å². The third-order valence-corrected chi connectivity index (χ3v) is 1.64. The molecule has 0 aliphatic heterocycles. The summed E-state index contributed by atoms with van der Waals surface area (Å²) in [5, 5.41) is 0. The van der Waals surface area contributed by atoms with Crippen LogP contribution in [-0.4, -0.2) is 5.55 Å². The first-order valence-corrected chi connectivity index (χ1v) is 3.96. The molecule has 1 nitrogen and oxygen atoms in total. The molecule has 1 aromatic rings. The maximum absolute atomic E-state index is 5.12. The minimum Gasteiger partial charge on any atom is -0.482 e. The van der Waals surface area contributed by atoms with Gasteiger partial charge in [-0.2, -0.15) is 0 Å². The third-order valence-electron chi connectivity index (χ3n) is 1.53. The summed E-state index contributed by atoms with van der Waals surface area (Å²) in [6.07, 6.45) is 0.0636. The second-order valence-corrected chi connectivity index (χ2v) is 2.48. The predicted octanol–water partition coefficient (Wildman–Crippen LogP) is 2.72. The van der Waals surface area contributed by atoms with Crippen LogP contribution in [0.15, 0.2) is 30.3 Å². The molecule has 1 aromatic carbocycles. The van der Waals surface area contributed by atoms with Crippen molar-refractivity contribution in [1.82, 2.24) is 0 Å². The van der Waals surface area contributed by atoms with Gasteiger partial charge in [-0.1, -0.05) is 30.3 Å². The molecule has 1 unspecified atom stereocenters. The van der Waals surface area contributed by atoms with Crippen LogP contribution in [0.25, 0.3) is 0 Å². The Morgan fingerprint density at radius 1 is 1.36 bits per heavy atom. The summed E-state index contributed by atoms with van der Waals surface area (Å²) in [5.74, 6) is 0. The van der Waals surface area contributed by atoms with E-state index in [4.69, 9.17) is 4.74 Å². The Hall–Kier alpha value is -0.890. The van der Waals surface area contributed by atoms with Crippen LogP contribution in [0.4, 0.5) is 0 Å². The first kappa shape index (κ1) is 8.21. The minimum atomic E-state index is 0.0636. The summed E-state index contributed by atoms with van der Waals surface area (Å²) in [6.45, 7) is 1.97. The number of rotatable bonds is 3. The summed E-state index contributed by atoms with van der Waals surface area (Å²) in [4.78, 5) is 0. The molecule has 11 heavy (non-hydrogen) atoms. The van der Waals surface area contributed by atoms with Gasteiger partial charge >= 0.3 is 0 Å². The van der Waals surface area contributed by atoms with Crippen molar-refractivity contribution >= 4 is 17.8 Å². The molecule has 0 saturated carbocycles. The molecule has 0 N–H and O–H groups in total. The van der Waals surface area contributed by atoms with E-state index in [1.807, 2.05) is 37.3 Å². The van der Waals surface area contributed by atoms with Gasteiger partial charge in [-0.05, 0) is 24.7 Å². The Labute approximate surface area is 72.0 Å². The van der Waals surface area contributed by atoms with Crippen molar-refractivity contribution in [2.24, 2.45) is 0 Å². The monoisotopic (exact) mass is 166 g/mol. The molecule has 2 heteroatoms. The van der Waals surface area contributed by atoms with Crippen LogP contribution in [0.1, 0.15) is 18.6 Å². The van der Waals surface area contributed by atoms with Crippen molar-refractivity contribution in [3.05, 3.63) is 35.9 Å². The van der Waals surface area contributed by atoms with E-state index in [0.29, 0.717) is 0 Å². The lowest BCUT2D eigenvalue weighted by Crippen LogP contribution is -1.95. The van der Waals surface area contributed by atoms with E-state index in [1.54, 1.807) is 0 Å². The highest BCUT2D eigenvalue weighted by Crippen LogP contribution is 2.14. The topological polar surface area (TPSA) is 9.23 Å². The molecule has 0 amide bonds. The summed E-state index contributed by atoms with van der Waals surface area (Å²) < 4.78 is 5.12. The summed E-state index contributed by atoms with van der Waals surface area (Å²) in [6, 6.07) is 9.98. The number of ether oxygens (including phenoxy) is 1. The average Bonchev–Trinajstić information content (AvgIpc) is 2.07. The van der Waals surface area contributed by atoms with Crippen LogP contribution in [0.3, 0.4) is 0 Å². The summed E-state index contributed by atoms with van der Waals surface area (Å²) in [7, 11) is 0. The quantitative estimate of drug-likeness (QED) is 0.638. The van der Waals surface area contributed by atoms with Gasteiger partial charge in [-0.25, -0.2) is 0 Å². The summed E-state index contributed by atoms with van der Waals surface area (Å²) >= 11 is 4.58. The van der Waals surface area contributed by atoms with Crippen molar-refractivity contribution in [3.63, 3.8) is 0 Å². The molecule has 0 spiro atoms. The molecule has 0 aliphatic rings. The van der Waals surface area contributed by atoms with Gasteiger partial charge in [0.1, 0.15) is 11.7 Å². The standard InChI is InChI=1S/C9H10OS/c1-8(10-7-11)9-5-3-2-4-6-9/h2-8H,1H3. The fourth-order valence-electron chi connectivity index (χ4n) is 0.886. The third kappa shape index (κ3) is 2.31. The highest BCUT2D eigenvalue weighted by molar-refractivity contribution is 7.78. The van der Waals surface area contributed by atoms with Gasteiger partial charge in [0.15, 0.2) is 0 Å². The Balaban J connectivity index is 2.68. The molecule has 0 radical (unpaired) electrons. The molecule has 0 fully saturated rings. The molecule has 0 aromatic heterocycles. The van der Waals surface area contributed by atoms with Crippen molar-refractivity contribution < 1.29 is 4.74 Å². The van der Waals surface area contributed by atoms with Crippen LogP contribution < -0.4 is 0 Å². The Morgan fingerprint density at radius 2 is 2.00 bits per heavy atom. The molecule has 0 aliphatic carbocycles. The van der Waals surface area contributed by atoms with E-state index >= 15 is 0 Å². The fourth-order valence-corrected chi connectivity index (χ4v) is 1.05.